The lowest BCUT2D eigenvalue weighted by molar-refractivity contribution is 0.210. The number of rotatable bonds is 3. The Hall–Kier alpha value is -1.28. The predicted molar refractivity (Wildman–Crippen MR) is 74.8 cm³/mol. The quantitative estimate of drug-likeness (QED) is 0.878. The highest BCUT2D eigenvalue weighted by Crippen LogP contribution is 2.26. The van der Waals surface area contributed by atoms with Gasteiger partial charge in [-0.25, -0.2) is 0 Å². The highest BCUT2D eigenvalue weighted by molar-refractivity contribution is 5.67. The Bertz CT molecular complexity index is 415. The summed E-state index contributed by atoms with van der Waals surface area (Å²) in [4.78, 5) is 0. The second-order valence-corrected chi connectivity index (χ2v) is 5.23. The van der Waals surface area contributed by atoms with Gasteiger partial charge in [-0.3, -0.25) is 0 Å². The average molecular weight is 243 g/mol. The predicted octanol–water partition coefficient (Wildman–Crippen LogP) is 3.38. The first-order chi connectivity index (χ1) is 8.92. The molecule has 1 heterocycles. The molecule has 1 aliphatic heterocycles. The largest absolute Gasteiger partial charge is 0.490 e. The first kappa shape index (κ1) is 11.8. The molecule has 3 rings (SSSR count). The van der Waals surface area contributed by atoms with Crippen LogP contribution in [0.4, 0.5) is 0 Å². The first-order valence-electron chi connectivity index (χ1n) is 7.09. The molecule has 2 nitrogen and oxygen atoms in total. The average Bonchev–Trinajstić information content (AvgIpc) is 2.94. The van der Waals surface area contributed by atoms with Gasteiger partial charge >= 0.3 is 0 Å². The van der Waals surface area contributed by atoms with Crippen LogP contribution < -0.4 is 10.1 Å². The zero-order valence-corrected chi connectivity index (χ0v) is 10.8. The van der Waals surface area contributed by atoms with E-state index in [1.165, 1.54) is 36.8 Å². The summed E-state index contributed by atoms with van der Waals surface area (Å²) in [6.45, 7) is 2.09. The third-order valence-corrected chi connectivity index (χ3v) is 3.89. The van der Waals surface area contributed by atoms with Gasteiger partial charge in [0.15, 0.2) is 0 Å². The van der Waals surface area contributed by atoms with Crippen LogP contribution in [-0.2, 0) is 0 Å². The molecule has 0 amide bonds. The second kappa shape index (κ2) is 5.57. The summed E-state index contributed by atoms with van der Waals surface area (Å²) in [5, 5.41) is 3.34. The van der Waals surface area contributed by atoms with Crippen molar-refractivity contribution in [2.75, 3.05) is 13.1 Å². The SMILES string of the molecule is C1=C(c2ccc(OC3CCCC3)cc2)CCNC1. The molecule has 0 spiro atoms. The van der Waals surface area contributed by atoms with Crippen molar-refractivity contribution in [3.8, 4) is 5.75 Å². The summed E-state index contributed by atoms with van der Waals surface area (Å²) in [6, 6.07) is 8.63. The topological polar surface area (TPSA) is 21.3 Å². The highest BCUT2D eigenvalue weighted by Gasteiger charge is 2.16. The van der Waals surface area contributed by atoms with Crippen molar-refractivity contribution in [3.05, 3.63) is 35.9 Å². The molecule has 2 heteroatoms. The van der Waals surface area contributed by atoms with Gasteiger partial charge in [-0.15, -0.1) is 0 Å². The van der Waals surface area contributed by atoms with Crippen LogP contribution in [0.1, 0.15) is 37.7 Å². The van der Waals surface area contributed by atoms with Crippen molar-refractivity contribution in [2.24, 2.45) is 0 Å². The summed E-state index contributed by atoms with van der Waals surface area (Å²) in [5.74, 6) is 1.03. The minimum absolute atomic E-state index is 0.453. The molecule has 0 bridgehead atoms. The van der Waals surface area contributed by atoms with Gasteiger partial charge in [-0.05, 0) is 61.9 Å². The van der Waals surface area contributed by atoms with Gasteiger partial charge in [-0.1, -0.05) is 18.2 Å². The van der Waals surface area contributed by atoms with Gasteiger partial charge in [0.2, 0.25) is 0 Å². The van der Waals surface area contributed by atoms with Crippen LogP contribution in [0.5, 0.6) is 5.75 Å². The van der Waals surface area contributed by atoms with Crippen LogP contribution in [0.3, 0.4) is 0 Å². The Balaban J connectivity index is 1.66. The molecule has 1 saturated carbocycles. The molecule has 2 aliphatic rings. The zero-order chi connectivity index (χ0) is 12.2. The highest BCUT2D eigenvalue weighted by atomic mass is 16.5. The summed E-state index contributed by atoms with van der Waals surface area (Å²) in [5.41, 5.74) is 2.80. The van der Waals surface area contributed by atoms with Gasteiger partial charge in [0, 0.05) is 6.54 Å². The number of hydrogen-bond acceptors (Lipinski definition) is 2. The maximum Gasteiger partial charge on any atom is 0.119 e. The lowest BCUT2D eigenvalue weighted by atomic mass is 10.0. The number of ether oxygens (including phenoxy) is 1. The molecular weight excluding hydrogens is 222 g/mol. The molecule has 1 aromatic rings. The summed E-state index contributed by atoms with van der Waals surface area (Å²) >= 11 is 0. The van der Waals surface area contributed by atoms with Crippen LogP contribution in [-0.4, -0.2) is 19.2 Å². The Morgan fingerprint density at radius 2 is 1.83 bits per heavy atom. The molecule has 0 atom stereocenters. The van der Waals surface area contributed by atoms with E-state index in [1.54, 1.807) is 0 Å². The Labute approximate surface area is 109 Å². The van der Waals surface area contributed by atoms with E-state index in [0.29, 0.717) is 6.10 Å². The Morgan fingerprint density at radius 3 is 2.50 bits per heavy atom. The number of benzene rings is 1. The molecule has 18 heavy (non-hydrogen) atoms. The summed E-state index contributed by atoms with van der Waals surface area (Å²) < 4.78 is 5.99. The van der Waals surface area contributed by atoms with Gasteiger partial charge < -0.3 is 10.1 Å². The van der Waals surface area contributed by atoms with E-state index in [9.17, 15) is 0 Å². The van der Waals surface area contributed by atoms with Crippen molar-refractivity contribution in [3.63, 3.8) is 0 Å². The molecule has 1 N–H and O–H groups in total. The van der Waals surface area contributed by atoms with Gasteiger partial charge in [0.1, 0.15) is 5.75 Å². The molecule has 0 saturated heterocycles. The molecule has 0 aromatic heterocycles. The van der Waals surface area contributed by atoms with Gasteiger partial charge in [0.25, 0.3) is 0 Å². The number of nitrogens with one attached hydrogen (secondary N) is 1. The maximum atomic E-state index is 5.99. The smallest absolute Gasteiger partial charge is 0.119 e. The third kappa shape index (κ3) is 2.75. The molecule has 96 valence electrons. The normalized spacial score (nSPS) is 20.8. The fraction of sp³-hybridized carbons (Fsp3) is 0.500. The van der Waals surface area contributed by atoms with Crippen LogP contribution >= 0.6 is 0 Å². The molecular formula is C16H21NO. The molecule has 1 aromatic carbocycles. The van der Waals surface area contributed by atoms with Crippen LogP contribution in [0, 0.1) is 0 Å². The fourth-order valence-electron chi connectivity index (χ4n) is 2.83. The van der Waals surface area contributed by atoms with E-state index < -0.39 is 0 Å². The van der Waals surface area contributed by atoms with Crippen molar-refractivity contribution < 1.29 is 4.74 Å². The van der Waals surface area contributed by atoms with E-state index in [0.717, 1.165) is 25.3 Å². The second-order valence-electron chi connectivity index (χ2n) is 5.23. The minimum Gasteiger partial charge on any atom is -0.490 e. The van der Waals surface area contributed by atoms with Crippen LogP contribution in [0.25, 0.3) is 5.57 Å². The van der Waals surface area contributed by atoms with E-state index in [4.69, 9.17) is 4.74 Å². The van der Waals surface area contributed by atoms with Crippen molar-refractivity contribution >= 4 is 5.57 Å². The monoisotopic (exact) mass is 243 g/mol. The van der Waals surface area contributed by atoms with Crippen molar-refractivity contribution in [2.45, 2.75) is 38.2 Å². The lowest BCUT2D eigenvalue weighted by Crippen LogP contribution is -2.20. The molecule has 1 fully saturated rings. The Kier molecular flexibility index (Phi) is 3.65. The van der Waals surface area contributed by atoms with Crippen LogP contribution in [0.15, 0.2) is 30.3 Å². The van der Waals surface area contributed by atoms with E-state index >= 15 is 0 Å². The Morgan fingerprint density at radius 1 is 1.06 bits per heavy atom. The van der Waals surface area contributed by atoms with E-state index in [1.807, 2.05) is 0 Å². The first-order valence-corrected chi connectivity index (χ1v) is 7.09. The van der Waals surface area contributed by atoms with Crippen molar-refractivity contribution in [1.82, 2.24) is 5.32 Å². The summed E-state index contributed by atoms with van der Waals surface area (Å²) in [7, 11) is 0. The lowest BCUT2D eigenvalue weighted by Gasteiger charge is -2.16. The van der Waals surface area contributed by atoms with Crippen molar-refractivity contribution in [1.29, 1.82) is 0 Å². The summed E-state index contributed by atoms with van der Waals surface area (Å²) in [6.07, 6.45) is 8.95. The standard InChI is InChI=1S/C16H21NO/c1-2-4-15(3-1)18-16-7-5-13(6-8-16)14-9-11-17-12-10-14/h5-9,15,17H,1-4,10-12H2. The maximum absolute atomic E-state index is 5.99. The fourth-order valence-corrected chi connectivity index (χ4v) is 2.83. The molecule has 0 radical (unpaired) electrons. The van der Waals surface area contributed by atoms with Gasteiger partial charge in [-0.2, -0.15) is 0 Å². The third-order valence-electron chi connectivity index (χ3n) is 3.89. The molecule has 0 unspecified atom stereocenters. The molecule has 1 aliphatic carbocycles. The van der Waals surface area contributed by atoms with E-state index in [-0.39, 0.29) is 0 Å². The number of hydrogen-bond donors (Lipinski definition) is 1. The van der Waals surface area contributed by atoms with Gasteiger partial charge in [0.05, 0.1) is 6.10 Å². The van der Waals surface area contributed by atoms with Crippen LogP contribution in [0.2, 0.25) is 0 Å². The zero-order valence-electron chi connectivity index (χ0n) is 10.8. The minimum atomic E-state index is 0.453. The van der Waals surface area contributed by atoms with E-state index in [2.05, 4.69) is 35.7 Å².